The molecule has 2 rings (SSSR count). The van der Waals surface area contributed by atoms with Gasteiger partial charge in [-0.3, -0.25) is 9.69 Å². The van der Waals surface area contributed by atoms with Gasteiger partial charge in [-0.2, -0.15) is 0 Å². The van der Waals surface area contributed by atoms with Crippen LogP contribution in [0.1, 0.15) is 15.9 Å². The fraction of sp³-hybridized carbons (Fsp3) is 0.417. The van der Waals surface area contributed by atoms with Crippen molar-refractivity contribution in [2.45, 2.75) is 6.54 Å². The van der Waals surface area contributed by atoms with Crippen LogP contribution < -0.4 is 0 Å². The molecule has 1 aliphatic rings. The lowest BCUT2D eigenvalue weighted by atomic mass is 10.1. The van der Waals surface area contributed by atoms with Gasteiger partial charge in [0.05, 0.1) is 13.2 Å². The Balaban J connectivity index is 1.96. The van der Waals surface area contributed by atoms with Gasteiger partial charge >= 0.3 is 0 Å². The molecule has 3 nitrogen and oxygen atoms in total. The summed E-state index contributed by atoms with van der Waals surface area (Å²) >= 11 is 1.81. The molecule has 0 saturated carbocycles. The van der Waals surface area contributed by atoms with Crippen molar-refractivity contribution in [2.24, 2.45) is 0 Å². The summed E-state index contributed by atoms with van der Waals surface area (Å²) in [6.07, 6.45) is 0. The van der Waals surface area contributed by atoms with Gasteiger partial charge in [-0.25, -0.2) is 0 Å². The molecule has 1 fully saturated rings. The standard InChI is InChI=1S/C12H14INO2/c13-12(15)11-3-1-10(2-4-11)9-14-5-7-16-8-6-14/h1-4H,5-9H2. The van der Waals surface area contributed by atoms with Crippen LogP contribution in [0.5, 0.6) is 0 Å². The van der Waals surface area contributed by atoms with Crippen LogP contribution in [0, 0.1) is 0 Å². The molecule has 0 radical (unpaired) electrons. The summed E-state index contributed by atoms with van der Waals surface area (Å²) in [6.45, 7) is 4.58. The minimum Gasteiger partial charge on any atom is -0.379 e. The highest BCUT2D eigenvalue weighted by atomic mass is 127. The van der Waals surface area contributed by atoms with Crippen LogP contribution >= 0.6 is 22.6 Å². The Morgan fingerprint density at radius 3 is 2.44 bits per heavy atom. The third-order valence-electron chi connectivity index (χ3n) is 2.69. The van der Waals surface area contributed by atoms with Crippen LogP contribution in [0.2, 0.25) is 0 Å². The number of halogens is 1. The number of benzene rings is 1. The third-order valence-corrected chi connectivity index (χ3v) is 3.31. The highest BCUT2D eigenvalue weighted by Gasteiger charge is 2.10. The van der Waals surface area contributed by atoms with Crippen LogP contribution in [-0.2, 0) is 11.3 Å². The van der Waals surface area contributed by atoms with Gasteiger partial charge in [-0.15, -0.1) is 0 Å². The van der Waals surface area contributed by atoms with Crippen molar-refractivity contribution in [3.8, 4) is 0 Å². The number of carbonyl (C=O) groups excluding carboxylic acids is 1. The Hall–Kier alpha value is -0.460. The van der Waals surface area contributed by atoms with E-state index in [1.165, 1.54) is 5.56 Å². The maximum Gasteiger partial charge on any atom is 0.222 e. The van der Waals surface area contributed by atoms with E-state index in [0.29, 0.717) is 0 Å². The summed E-state index contributed by atoms with van der Waals surface area (Å²) in [7, 11) is 0. The van der Waals surface area contributed by atoms with Crippen LogP contribution in [0.3, 0.4) is 0 Å². The van der Waals surface area contributed by atoms with Crippen LogP contribution in [0.15, 0.2) is 24.3 Å². The summed E-state index contributed by atoms with van der Waals surface area (Å²) in [5.74, 6) is 0. The van der Waals surface area contributed by atoms with E-state index in [2.05, 4.69) is 4.90 Å². The molecule has 0 N–H and O–H groups in total. The summed E-state index contributed by atoms with van der Waals surface area (Å²) in [6, 6.07) is 7.85. The molecule has 0 bridgehead atoms. The Labute approximate surface area is 109 Å². The van der Waals surface area contributed by atoms with Crippen molar-refractivity contribution >= 4 is 26.4 Å². The van der Waals surface area contributed by atoms with E-state index in [9.17, 15) is 4.79 Å². The van der Waals surface area contributed by atoms with Gasteiger partial charge in [0.25, 0.3) is 0 Å². The lowest BCUT2D eigenvalue weighted by Gasteiger charge is -2.26. The minimum absolute atomic E-state index is 0.0931. The normalized spacial score (nSPS) is 17.3. The van der Waals surface area contributed by atoms with Crippen LogP contribution in [0.25, 0.3) is 0 Å². The molecular formula is C12H14INO2. The maximum absolute atomic E-state index is 11.1. The predicted octanol–water partition coefficient (Wildman–Crippen LogP) is 2.09. The molecule has 86 valence electrons. The average Bonchev–Trinajstić information content (AvgIpc) is 2.31. The molecule has 0 spiro atoms. The number of ether oxygens (including phenoxy) is 1. The first-order valence-corrected chi connectivity index (χ1v) is 6.42. The number of nitrogens with zero attached hydrogens (tertiary/aromatic N) is 1. The second-order valence-corrected chi connectivity index (χ2v) is 4.84. The van der Waals surface area contributed by atoms with Crippen molar-refractivity contribution in [1.82, 2.24) is 4.90 Å². The van der Waals surface area contributed by atoms with E-state index in [1.807, 2.05) is 46.9 Å². The fourth-order valence-electron chi connectivity index (χ4n) is 1.76. The number of morpholine rings is 1. The van der Waals surface area contributed by atoms with Gasteiger partial charge < -0.3 is 4.74 Å². The fourth-order valence-corrected chi connectivity index (χ4v) is 2.12. The Kier molecular flexibility index (Phi) is 4.31. The summed E-state index contributed by atoms with van der Waals surface area (Å²) in [5.41, 5.74) is 2.02. The largest absolute Gasteiger partial charge is 0.379 e. The quantitative estimate of drug-likeness (QED) is 0.628. The number of rotatable bonds is 3. The summed E-state index contributed by atoms with van der Waals surface area (Å²) in [5, 5.41) is 0. The zero-order valence-corrected chi connectivity index (χ0v) is 11.1. The van der Waals surface area contributed by atoms with Crippen molar-refractivity contribution in [3.05, 3.63) is 35.4 Å². The van der Waals surface area contributed by atoms with Gasteiger partial charge in [0.15, 0.2) is 0 Å². The SMILES string of the molecule is O=C(I)c1ccc(CN2CCOCC2)cc1. The third kappa shape index (κ3) is 3.26. The van der Waals surface area contributed by atoms with Gasteiger partial charge in [0.2, 0.25) is 3.79 Å². The predicted molar refractivity (Wildman–Crippen MR) is 70.9 cm³/mol. The zero-order chi connectivity index (χ0) is 11.4. The van der Waals surface area contributed by atoms with Crippen LogP contribution in [0.4, 0.5) is 0 Å². The van der Waals surface area contributed by atoms with Crippen LogP contribution in [-0.4, -0.2) is 35.0 Å². The molecular weight excluding hydrogens is 317 g/mol. The molecule has 1 aromatic carbocycles. The lowest BCUT2D eigenvalue weighted by molar-refractivity contribution is 0.0342. The Bertz CT molecular complexity index is 358. The van der Waals surface area contributed by atoms with Gasteiger partial charge in [0, 0.05) is 47.8 Å². The highest BCUT2D eigenvalue weighted by molar-refractivity contribution is 14.1. The van der Waals surface area contributed by atoms with Gasteiger partial charge in [-0.05, 0) is 5.56 Å². The molecule has 0 unspecified atom stereocenters. The molecule has 1 heterocycles. The maximum atomic E-state index is 11.1. The lowest BCUT2D eigenvalue weighted by Crippen LogP contribution is -2.35. The monoisotopic (exact) mass is 331 g/mol. The Morgan fingerprint density at radius 2 is 1.88 bits per heavy atom. The van der Waals surface area contributed by atoms with E-state index < -0.39 is 0 Å². The molecule has 16 heavy (non-hydrogen) atoms. The second kappa shape index (κ2) is 5.75. The molecule has 0 aromatic heterocycles. The summed E-state index contributed by atoms with van der Waals surface area (Å²) < 4.78 is 5.39. The summed E-state index contributed by atoms with van der Waals surface area (Å²) in [4.78, 5) is 13.5. The molecule has 0 aliphatic carbocycles. The van der Waals surface area contributed by atoms with E-state index in [1.54, 1.807) is 0 Å². The number of hydrogen-bond donors (Lipinski definition) is 0. The van der Waals surface area contributed by atoms with E-state index in [-0.39, 0.29) is 3.79 Å². The molecule has 1 aromatic rings. The molecule has 1 aliphatic heterocycles. The van der Waals surface area contributed by atoms with E-state index >= 15 is 0 Å². The number of carbonyl (C=O) groups is 1. The molecule has 0 amide bonds. The Morgan fingerprint density at radius 1 is 1.25 bits per heavy atom. The van der Waals surface area contributed by atoms with E-state index in [4.69, 9.17) is 4.74 Å². The zero-order valence-electron chi connectivity index (χ0n) is 8.99. The molecule has 4 heteroatoms. The van der Waals surface area contributed by atoms with Crippen molar-refractivity contribution in [2.75, 3.05) is 26.3 Å². The van der Waals surface area contributed by atoms with E-state index in [0.717, 1.165) is 38.4 Å². The van der Waals surface area contributed by atoms with Crippen molar-refractivity contribution in [1.29, 1.82) is 0 Å². The highest BCUT2D eigenvalue weighted by Crippen LogP contribution is 2.11. The smallest absolute Gasteiger partial charge is 0.222 e. The van der Waals surface area contributed by atoms with Crippen molar-refractivity contribution < 1.29 is 9.53 Å². The molecule has 0 atom stereocenters. The first kappa shape index (κ1) is 12.0. The van der Waals surface area contributed by atoms with Crippen molar-refractivity contribution in [3.63, 3.8) is 0 Å². The first-order chi connectivity index (χ1) is 7.75. The average molecular weight is 331 g/mol. The molecule has 1 saturated heterocycles. The minimum atomic E-state index is 0.0931. The van der Waals surface area contributed by atoms with Gasteiger partial charge in [0.1, 0.15) is 0 Å². The van der Waals surface area contributed by atoms with Gasteiger partial charge in [-0.1, -0.05) is 24.3 Å². The first-order valence-electron chi connectivity index (χ1n) is 5.34. The second-order valence-electron chi connectivity index (χ2n) is 3.86. The topological polar surface area (TPSA) is 29.5 Å². The number of hydrogen-bond acceptors (Lipinski definition) is 3.